The number of aromatic hydroxyl groups is 1. The van der Waals surface area contributed by atoms with Crippen LogP contribution in [0.2, 0.25) is 0 Å². The van der Waals surface area contributed by atoms with Crippen LogP contribution >= 0.6 is 0 Å². The van der Waals surface area contributed by atoms with Crippen molar-refractivity contribution in [2.45, 2.75) is 0 Å². The van der Waals surface area contributed by atoms with Crippen LogP contribution in [0.1, 0.15) is 10.4 Å². The number of aromatic nitrogens is 2. The number of hydrogen-bond donors (Lipinski definition) is 3. The van der Waals surface area contributed by atoms with Crippen LogP contribution in [-0.2, 0) is 0 Å². The Balaban J connectivity index is 2.27. The van der Waals surface area contributed by atoms with Crippen LogP contribution in [-0.4, -0.2) is 21.0 Å². The number of anilines is 1. The van der Waals surface area contributed by atoms with Gasteiger partial charge < -0.3 is 15.4 Å². The molecule has 0 bridgehead atoms. The molecule has 2 aromatic rings. The normalized spacial score (nSPS) is 10.1. The van der Waals surface area contributed by atoms with Gasteiger partial charge in [0.25, 0.3) is 11.5 Å². The molecule has 6 nitrogen and oxygen atoms in total. The first-order chi connectivity index (χ1) is 8.58. The summed E-state index contributed by atoms with van der Waals surface area (Å²) in [6, 6.07) is 4.74. The molecule has 0 fully saturated rings. The third kappa shape index (κ3) is 2.34. The number of benzene rings is 1. The van der Waals surface area contributed by atoms with Crippen LogP contribution in [0, 0.1) is 5.82 Å². The van der Waals surface area contributed by atoms with E-state index in [2.05, 4.69) is 15.3 Å². The van der Waals surface area contributed by atoms with Gasteiger partial charge in [0.15, 0.2) is 5.69 Å². The van der Waals surface area contributed by atoms with Crippen LogP contribution in [0.25, 0.3) is 0 Å². The first-order valence-electron chi connectivity index (χ1n) is 4.91. The fraction of sp³-hybridized carbons (Fsp3) is 0. The van der Waals surface area contributed by atoms with Crippen LogP contribution in [0.5, 0.6) is 5.88 Å². The number of halogens is 1. The zero-order valence-electron chi connectivity index (χ0n) is 8.98. The third-order valence-corrected chi connectivity index (χ3v) is 2.18. The molecule has 7 heteroatoms. The molecule has 1 aromatic carbocycles. The average molecular weight is 249 g/mol. The van der Waals surface area contributed by atoms with Gasteiger partial charge >= 0.3 is 0 Å². The van der Waals surface area contributed by atoms with Crippen molar-refractivity contribution in [3.63, 3.8) is 0 Å². The second-order valence-corrected chi connectivity index (χ2v) is 3.39. The fourth-order valence-corrected chi connectivity index (χ4v) is 1.29. The van der Waals surface area contributed by atoms with Crippen LogP contribution in [0.3, 0.4) is 0 Å². The van der Waals surface area contributed by atoms with E-state index >= 15 is 0 Å². The number of hydrogen-bond acceptors (Lipinski definition) is 4. The summed E-state index contributed by atoms with van der Waals surface area (Å²) in [4.78, 5) is 28.7. The molecule has 0 spiro atoms. The molecular formula is C11H8FN3O3. The van der Waals surface area contributed by atoms with Crippen molar-refractivity contribution in [2.24, 2.45) is 0 Å². The minimum absolute atomic E-state index is 0.152. The van der Waals surface area contributed by atoms with Crippen LogP contribution < -0.4 is 10.9 Å². The number of H-pyrrole nitrogens is 1. The molecule has 0 unspecified atom stereocenters. The maximum Gasteiger partial charge on any atom is 0.278 e. The molecule has 3 N–H and O–H groups in total. The Kier molecular flexibility index (Phi) is 3.05. The average Bonchev–Trinajstić information content (AvgIpc) is 2.34. The van der Waals surface area contributed by atoms with Crippen molar-refractivity contribution in [2.75, 3.05) is 5.32 Å². The summed E-state index contributed by atoms with van der Waals surface area (Å²) in [5.41, 5.74) is -0.885. The van der Waals surface area contributed by atoms with Crippen LogP contribution in [0.4, 0.5) is 10.1 Å². The highest BCUT2D eigenvalue weighted by Crippen LogP contribution is 2.14. The van der Waals surface area contributed by atoms with Crippen molar-refractivity contribution >= 4 is 11.6 Å². The number of carbonyl (C=O) groups is 1. The predicted molar refractivity (Wildman–Crippen MR) is 60.9 cm³/mol. The van der Waals surface area contributed by atoms with Gasteiger partial charge in [0.1, 0.15) is 5.82 Å². The Bertz CT molecular complexity index is 637. The molecule has 0 aliphatic heterocycles. The summed E-state index contributed by atoms with van der Waals surface area (Å²) in [6.07, 6.45) is 1.01. The van der Waals surface area contributed by atoms with Gasteiger partial charge in [0.05, 0.1) is 6.33 Å². The zero-order valence-corrected chi connectivity index (χ0v) is 8.98. The van der Waals surface area contributed by atoms with E-state index < -0.39 is 23.2 Å². The van der Waals surface area contributed by atoms with E-state index in [-0.39, 0.29) is 11.3 Å². The summed E-state index contributed by atoms with van der Waals surface area (Å²) < 4.78 is 12.7. The van der Waals surface area contributed by atoms with Crippen LogP contribution in [0.15, 0.2) is 35.4 Å². The van der Waals surface area contributed by atoms with E-state index in [1.807, 2.05) is 0 Å². The monoisotopic (exact) mass is 249 g/mol. The first kappa shape index (κ1) is 11.8. The van der Waals surface area contributed by atoms with Crippen molar-refractivity contribution in [1.82, 2.24) is 9.97 Å². The summed E-state index contributed by atoms with van der Waals surface area (Å²) in [6.45, 7) is 0. The Morgan fingerprint density at radius 1 is 1.33 bits per heavy atom. The molecule has 92 valence electrons. The lowest BCUT2D eigenvalue weighted by atomic mass is 10.2. The Labute approximate surface area is 100 Å². The molecule has 1 heterocycles. The van der Waals surface area contributed by atoms with Gasteiger partial charge in [-0.3, -0.25) is 9.59 Å². The molecule has 2 rings (SSSR count). The lowest BCUT2D eigenvalue weighted by Gasteiger charge is -2.04. The van der Waals surface area contributed by atoms with Gasteiger partial charge in [-0.25, -0.2) is 9.37 Å². The minimum atomic E-state index is -0.682. The topological polar surface area (TPSA) is 95.1 Å². The second-order valence-electron chi connectivity index (χ2n) is 3.39. The van der Waals surface area contributed by atoms with Crippen molar-refractivity contribution in [3.8, 4) is 5.88 Å². The zero-order chi connectivity index (χ0) is 13.1. The molecule has 0 saturated carbocycles. The van der Waals surface area contributed by atoms with Crippen molar-refractivity contribution in [1.29, 1.82) is 0 Å². The van der Waals surface area contributed by atoms with Gasteiger partial charge in [-0.15, -0.1) is 0 Å². The molecule has 0 atom stereocenters. The molecule has 0 radical (unpaired) electrons. The molecule has 18 heavy (non-hydrogen) atoms. The number of carbonyl (C=O) groups excluding carboxylic acids is 1. The van der Waals surface area contributed by atoms with E-state index in [9.17, 15) is 19.1 Å². The third-order valence-electron chi connectivity index (χ3n) is 2.18. The Morgan fingerprint density at radius 2 is 2.00 bits per heavy atom. The van der Waals surface area contributed by atoms with Gasteiger partial charge in [0, 0.05) is 5.56 Å². The Morgan fingerprint density at radius 3 is 2.61 bits per heavy atom. The maximum atomic E-state index is 12.7. The summed E-state index contributed by atoms with van der Waals surface area (Å²) in [5.74, 6) is -1.72. The standard InChI is InChI=1S/C11H8FN3O3/c12-7-3-1-6(2-4-7)9(16)15-8-10(17)13-5-14-11(8)18/h1-5H,(H,15,16)(H2,13,14,17,18). The van der Waals surface area contributed by atoms with E-state index in [0.717, 1.165) is 18.5 Å². The van der Waals surface area contributed by atoms with Crippen molar-refractivity contribution in [3.05, 3.63) is 52.3 Å². The van der Waals surface area contributed by atoms with Gasteiger partial charge in [-0.1, -0.05) is 0 Å². The second kappa shape index (κ2) is 4.66. The number of amides is 1. The van der Waals surface area contributed by atoms with E-state index in [1.54, 1.807) is 0 Å². The van der Waals surface area contributed by atoms with Gasteiger partial charge in [-0.05, 0) is 24.3 Å². The molecule has 0 aliphatic carbocycles. The van der Waals surface area contributed by atoms with E-state index in [1.165, 1.54) is 12.1 Å². The molecular weight excluding hydrogens is 241 g/mol. The summed E-state index contributed by atoms with van der Waals surface area (Å²) >= 11 is 0. The molecule has 1 amide bonds. The highest BCUT2D eigenvalue weighted by Gasteiger charge is 2.12. The lowest BCUT2D eigenvalue weighted by Crippen LogP contribution is -2.20. The number of aromatic amines is 1. The quantitative estimate of drug-likeness (QED) is 0.735. The van der Waals surface area contributed by atoms with E-state index in [4.69, 9.17) is 0 Å². The van der Waals surface area contributed by atoms with Gasteiger partial charge in [-0.2, -0.15) is 0 Å². The fourth-order valence-electron chi connectivity index (χ4n) is 1.29. The molecule has 0 saturated heterocycles. The summed E-state index contributed by atoms with van der Waals surface area (Å²) in [7, 11) is 0. The van der Waals surface area contributed by atoms with Crippen molar-refractivity contribution < 1.29 is 14.3 Å². The highest BCUT2D eigenvalue weighted by molar-refractivity contribution is 6.04. The minimum Gasteiger partial charge on any atom is -0.492 e. The maximum absolute atomic E-state index is 12.7. The SMILES string of the molecule is O=C(Nc1c(O)nc[nH]c1=O)c1ccc(F)cc1. The summed E-state index contributed by atoms with van der Waals surface area (Å²) in [5, 5.41) is 11.5. The first-order valence-corrected chi connectivity index (χ1v) is 4.91. The Hall–Kier alpha value is -2.70. The lowest BCUT2D eigenvalue weighted by molar-refractivity contribution is 0.102. The highest BCUT2D eigenvalue weighted by atomic mass is 19.1. The number of rotatable bonds is 2. The number of nitrogens with one attached hydrogen (secondary N) is 2. The predicted octanol–water partition coefficient (Wildman–Crippen LogP) is 0.867. The van der Waals surface area contributed by atoms with E-state index in [0.29, 0.717) is 0 Å². The number of nitrogens with zero attached hydrogens (tertiary/aromatic N) is 1. The largest absolute Gasteiger partial charge is 0.492 e. The van der Waals surface area contributed by atoms with Gasteiger partial charge in [0.2, 0.25) is 5.88 Å². The smallest absolute Gasteiger partial charge is 0.278 e. The molecule has 0 aliphatic rings. The molecule has 1 aromatic heterocycles.